The zero-order valence-corrected chi connectivity index (χ0v) is 18.7. The third-order valence-corrected chi connectivity index (χ3v) is 7.46. The first-order valence-electron chi connectivity index (χ1n) is 10.5. The summed E-state index contributed by atoms with van der Waals surface area (Å²) in [6, 6.07) is 14.6. The lowest BCUT2D eigenvalue weighted by Gasteiger charge is -2.29. The van der Waals surface area contributed by atoms with Crippen molar-refractivity contribution in [2.24, 2.45) is 5.92 Å². The Labute approximate surface area is 183 Å². The van der Waals surface area contributed by atoms with Crippen LogP contribution in [0.2, 0.25) is 0 Å². The lowest BCUT2D eigenvalue weighted by atomic mass is 10.0. The van der Waals surface area contributed by atoms with E-state index in [0.717, 1.165) is 18.4 Å². The van der Waals surface area contributed by atoms with Gasteiger partial charge in [-0.2, -0.15) is 4.31 Å². The summed E-state index contributed by atoms with van der Waals surface area (Å²) in [4.78, 5) is 24.9. The van der Waals surface area contributed by atoms with E-state index >= 15 is 0 Å². The number of carbonyl (C=O) groups is 2. The number of sulfonamides is 1. The van der Waals surface area contributed by atoms with Crippen LogP contribution in [0.5, 0.6) is 0 Å². The maximum Gasteiger partial charge on any atom is 0.251 e. The van der Waals surface area contributed by atoms with E-state index < -0.39 is 22.0 Å². The number of amides is 2. The third-order valence-electron chi connectivity index (χ3n) is 5.55. The molecular weight excluding hydrogens is 414 g/mol. The minimum atomic E-state index is -3.56. The SMILES string of the molecule is CC1CCN(S(=O)(=O)c2ccc(C(=O)NC(C)C(=O)NCc3ccccc3)cc2)CC1. The van der Waals surface area contributed by atoms with Gasteiger partial charge in [-0.15, -0.1) is 0 Å². The number of hydrogen-bond donors (Lipinski definition) is 2. The number of nitrogens with zero attached hydrogens (tertiary/aromatic N) is 1. The number of nitrogens with one attached hydrogen (secondary N) is 2. The van der Waals surface area contributed by atoms with Crippen LogP contribution in [0.3, 0.4) is 0 Å². The standard InChI is InChI=1S/C23H29N3O4S/c1-17-12-14-26(15-13-17)31(29,30)21-10-8-20(9-11-21)23(28)25-18(2)22(27)24-16-19-6-4-3-5-7-19/h3-11,17-18H,12-16H2,1-2H3,(H,24,27)(H,25,28). The van der Waals surface area contributed by atoms with Gasteiger partial charge in [-0.3, -0.25) is 9.59 Å². The predicted octanol–water partition coefficient (Wildman–Crippen LogP) is 2.54. The zero-order chi connectivity index (χ0) is 22.4. The Morgan fingerprint density at radius 3 is 2.26 bits per heavy atom. The van der Waals surface area contributed by atoms with Gasteiger partial charge in [0, 0.05) is 25.2 Å². The quantitative estimate of drug-likeness (QED) is 0.687. The first kappa shape index (κ1) is 23.0. The molecule has 0 radical (unpaired) electrons. The predicted molar refractivity (Wildman–Crippen MR) is 119 cm³/mol. The first-order chi connectivity index (χ1) is 14.8. The molecule has 7 nitrogen and oxygen atoms in total. The lowest BCUT2D eigenvalue weighted by molar-refractivity contribution is -0.122. The Morgan fingerprint density at radius 2 is 1.65 bits per heavy atom. The highest BCUT2D eigenvalue weighted by Crippen LogP contribution is 2.23. The fraction of sp³-hybridized carbons (Fsp3) is 0.391. The number of piperidine rings is 1. The lowest BCUT2D eigenvalue weighted by Crippen LogP contribution is -2.44. The molecule has 1 saturated heterocycles. The van der Waals surface area contributed by atoms with E-state index in [9.17, 15) is 18.0 Å². The van der Waals surface area contributed by atoms with Gasteiger partial charge in [0.2, 0.25) is 15.9 Å². The molecule has 1 fully saturated rings. The smallest absolute Gasteiger partial charge is 0.251 e. The molecular formula is C23H29N3O4S. The second kappa shape index (κ2) is 10.1. The zero-order valence-electron chi connectivity index (χ0n) is 17.9. The van der Waals surface area contributed by atoms with Gasteiger partial charge in [-0.05, 0) is 55.5 Å². The molecule has 2 aromatic carbocycles. The molecule has 166 valence electrons. The molecule has 2 amide bonds. The molecule has 0 aromatic heterocycles. The number of carbonyl (C=O) groups excluding carboxylic acids is 2. The van der Waals surface area contributed by atoms with Gasteiger partial charge in [-0.1, -0.05) is 37.3 Å². The summed E-state index contributed by atoms with van der Waals surface area (Å²) >= 11 is 0. The van der Waals surface area contributed by atoms with Gasteiger partial charge in [0.25, 0.3) is 5.91 Å². The second-order valence-corrected chi connectivity index (χ2v) is 9.95. The Hall–Kier alpha value is -2.71. The van der Waals surface area contributed by atoms with Crippen molar-refractivity contribution < 1.29 is 18.0 Å². The van der Waals surface area contributed by atoms with Gasteiger partial charge < -0.3 is 10.6 Å². The van der Waals surface area contributed by atoms with Crippen molar-refractivity contribution in [3.63, 3.8) is 0 Å². The summed E-state index contributed by atoms with van der Waals surface area (Å²) in [5.74, 6) is -0.196. The van der Waals surface area contributed by atoms with E-state index in [4.69, 9.17) is 0 Å². The molecule has 1 unspecified atom stereocenters. The molecule has 3 rings (SSSR count). The van der Waals surface area contributed by atoms with Gasteiger partial charge in [0.15, 0.2) is 0 Å². The summed E-state index contributed by atoms with van der Waals surface area (Å²) in [5.41, 5.74) is 1.27. The van der Waals surface area contributed by atoms with E-state index in [0.29, 0.717) is 31.1 Å². The van der Waals surface area contributed by atoms with Crippen LogP contribution in [0.15, 0.2) is 59.5 Å². The van der Waals surface area contributed by atoms with Crippen molar-refractivity contribution in [3.05, 3.63) is 65.7 Å². The molecule has 0 bridgehead atoms. The number of rotatable bonds is 7. The van der Waals surface area contributed by atoms with Gasteiger partial charge in [-0.25, -0.2) is 8.42 Å². The highest BCUT2D eigenvalue weighted by Gasteiger charge is 2.28. The molecule has 31 heavy (non-hydrogen) atoms. The normalized spacial score (nSPS) is 16.5. The van der Waals surface area contributed by atoms with Crippen molar-refractivity contribution in [3.8, 4) is 0 Å². The number of benzene rings is 2. The molecule has 0 aliphatic carbocycles. The van der Waals surface area contributed by atoms with Crippen LogP contribution in [0, 0.1) is 5.92 Å². The largest absolute Gasteiger partial charge is 0.350 e. The Kier molecular flexibility index (Phi) is 7.46. The van der Waals surface area contributed by atoms with Crippen LogP contribution in [0.1, 0.15) is 42.6 Å². The molecule has 2 aromatic rings. The average Bonchev–Trinajstić information content (AvgIpc) is 2.78. The molecule has 1 aliphatic rings. The summed E-state index contributed by atoms with van der Waals surface area (Å²) in [6.45, 7) is 5.14. The minimum absolute atomic E-state index is 0.173. The summed E-state index contributed by atoms with van der Waals surface area (Å²) in [5, 5.41) is 5.43. The number of hydrogen-bond acceptors (Lipinski definition) is 4. The molecule has 0 saturated carbocycles. The molecule has 1 aliphatic heterocycles. The third kappa shape index (κ3) is 5.92. The van der Waals surface area contributed by atoms with Crippen molar-refractivity contribution in [2.45, 2.75) is 44.2 Å². The summed E-state index contributed by atoms with van der Waals surface area (Å²) < 4.78 is 27.1. The highest BCUT2D eigenvalue weighted by atomic mass is 32.2. The van der Waals surface area contributed by atoms with Crippen molar-refractivity contribution in [2.75, 3.05) is 13.1 Å². The molecule has 1 heterocycles. The average molecular weight is 444 g/mol. The van der Waals surface area contributed by atoms with E-state index in [2.05, 4.69) is 17.6 Å². The van der Waals surface area contributed by atoms with Crippen molar-refractivity contribution in [1.29, 1.82) is 0 Å². The maximum absolute atomic E-state index is 12.8. The second-order valence-electron chi connectivity index (χ2n) is 8.01. The maximum atomic E-state index is 12.8. The Balaban J connectivity index is 1.56. The molecule has 0 spiro atoms. The van der Waals surface area contributed by atoms with E-state index in [1.165, 1.54) is 28.6 Å². The molecule has 8 heteroatoms. The Morgan fingerprint density at radius 1 is 1.03 bits per heavy atom. The summed E-state index contributed by atoms with van der Waals surface area (Å²) in [7, 11) is -3.56. The molecule has 1 atom stereocenters. The van der Waals surface area contributed by atoms with E-state index in [1.807, 2.05) is 30.3 Å². The Bertz CT molecular complexity index is 999. The van der Waals surface area contributed by atoms with Crippen LogP contribution in [0.25, 0.3) is 0 Å². The first-order valence-corrected chi connectivity index (χ1v) is 11.9. The minimum Gasteiger partial charge on any atom is -0.350 e. The van der Waals surface area contributed by atoms with Gasteiger partial charge in [0.05, 0.1) is 4.90 Å². The van der Waals surface area contributed by atoms with Crippen LogP contribution in [0.4, 0.5) is 0 Å². The van der Waals surface area contributed by atoms with E-state index in [1.54, 1.807) is 6.92 Å². The topological polar surface area (TPSA) is 95.6 Å². The highest BCUT2D eigenvalue weighted by molar-refractivity contribution is 7.89. The fourth-order valence-corrected chi connectivity index (χ4v) is 4.91. The van der Waals surface area contributed by atoms with E-state index in [-0.39, 0.29) is 10.8 Å². The summed E-state index contributed by atoms with van der Waals surface area (Å²) in [6.07, 6.45) is 1.70. The van der Waals surface area contributed by atoms with Gasteiger partial charge >= 0.3 is 0 Å². The fourth-order valence-electron chi connectivity index (χ4n) is 3.44. The van der Waals surface area contributed by atoms with Crippen molar-refractivity contribution in [1.82, 2.24) is 14.9 Å². The van der Waals surface area contributed by atoms with Gasteiger partial charge in [0.1, 0.15) is 6.04 Å². The van der Waals surface area contributed by atoms with Crippen LogP contribution in [-0.2, 0) is 21.4 Å². The van der Waals surface area contributed by atoms with Crippen LogP contribution < -0.4 is 10.6 Å². The van der Waals surface area contributed by atoms with Crippen LogP contribution in [-0.4, -0.2) is 43.7 Å². The molecule has 2 N–H and O–H groups in total. The van der Waals surface area contributed by atoms with Crippen molar-refractivity contribution >= 4 is 21.8 Å². The monoisotopic (exact) mass is 443 g/mol. The van der Waals surface area contributed by atoms with Crippen LogP contribution >= 0.6 is 0 Å².